The van der Waals surface area contributed by atoms with E-state index < -0.39 is 0 Å². The second-order valence-electron chi connectivity index (χ2n) is 4.84. The van der Waals surface area contributed by atoms with Crippen LogP contribution in [0.2, 0.25) is 0 Å². The number of anilines is 1. The van der Waals surface area contributed by atoms with E-state index >= 15 is 0 Å². The number of nitrogens with one attached hydrogen (secondary N) is 1. The van der Waals surface area contributed by atoms with Crippen molar-refractivity contribution in [3.8, 4) is 0 Å². The molecular weight excluding hydrogens is 252 g/mol. The fourth-order valence-electron chi connectivity index (χ4n) is 2.08. The maximum atomic E-state index is 12.0. The molecule has 0 aliphatic heterocycles. The molecule has 20 heavy (non-hydrogen) atoms. The van der Waals surface area contributed by atoms with Crippen LogP contribution in [-0.2, 0) is 6.54 Å². The Hall–Kier alpha value is -2.30. The quantitative estimate of drug-likeness (QED) is 0.624. The van der Waals surface area contributed by atoms with Crippen LogP contribution in [0.15, 0.2) is 36.9 Å². The third-order valence-electron chi connectivity index (χ3n) is 3.18. The van der Waals surface area contributed by atoms with Crippen molar-refractivity contribution in [3.05, 3.63) is 48.0 Å². The van der Waals surface area contributed by atoms with Gasteiger partial charge in [0.1, 0.15) is 0 Å². The standard InChI is InChI=1S/C15H20N4O/c1-12-10-13(16)4-5-14(12)15(20)18-6-2-3-8-19-9-7-17-11-19/h4-5,7,9-11H,2-3,6,8,16H2,1H3,(H,18,20). The summed E-state index contributed by atoms with van der Waals surface area (Å²) in [5.41, 5.74) is 7.95. The summed E-state index contributed by atoms with van der Waals surface area (Å²) in [6, 6.07) is 5.33. The highest BCUT2D eigenvalue weighted by molar-refractivity contribution is 5.95. The minimum Gasteiger partial charge on any atom is -0.399 e. The Labute approximate surface area is 118 Å². The highest BCUT2D eigenvalue weighted by Gasteiger charge is 2.07. The Morgan fingerprint density at radius 3 is 2.95 bits per heavy atom. The van der Waals surface area contributed by atoms with E-state index in [9.17, 15) is 4.79 Å². The van der Waals surface area contributed by atoms with Crippen LogP contribution in [0, 0.1) is 6.92 Å². The molecule has 0 radical (unpaired) electrons. The van der Waals surface area contributed by atoms with Gasteiger partial charge >= 0.3 is 0 Å². The number of aromatic nitrogens is 2. The molecule has 1 amide bonds. The number of amides is 1. The predicted molar refractivity (Wildman–Crippen MR) is 79.4 cm³/mol. The lowest BCUT2D eigenvalue weighted by Crippen LogP contribution is -2.25. The molecule has 0 bridgehead atoms. The fourth-order valence-corrected chi connectivity index (χ4v) is 2.08. The molecule has 0 aliphatic carbocycles. The lowest BCUT2D eigenvalue weighted by Gasteiger charge is -2.08. The molecule has 1 aromatic heterocycles. The number of hydrogen-bond acceptors (Lipinski definition) is 3. The van der Waals surface area contributed by atoms with Crippen LogP contribution in [0.3, 0.4) is 0 Å². The molecule has 0 atom stereocenters. The zero-order valence-electron chi connectivity index (χ0n) is 11.7. The number of rotatable bonds is 6. The summed E-state index contributed by atoms with van der Waals surface area (Å²) in [6.07, 6.45) is 7.47. The van der Waals surface area contributed by atoms with Crippen molar-refractivity contribution in [1.29, 1.82) is 0 Å². The minimum atomic E-state index is -0.0369. The molecule has 5 heteroatoms. The molecule has 0 aliphatic rings. The van der Waals surface area contributed by atoms with Crippen molar-refractivity contribution in [2.75, 3.05) is 12.3 Å². The third kappa shape index (κ3) is 3.85. The minimum absolute atomic E-state index is 0.0369. The lowest BCUT2D eigenvalue weighted by atomic mass is 10.1. The highest BCUT2D eigenvalue weighted by atomic mass is 16.1. The zero-order chi connectivity index (χ0) is 14.4. The molecule has 2 rings (SSSR count). The summed E-state index contributed by atoms with van der Waals surface area (Å²) >= 11 is 0. The lowest BCUT2D eigenvalue weighted by molar-refractivity contribution is 0.0952. The van der Waals surface area contributed by atoms with Gasteiger partial charge in [-0.15, -0.1) is 0 Å². The van der Waals surface area contributed by atoms with Gasteiger partial charge in [0.15, 0.2) is 0 Å². The van der Waals surface area contributed by atoms with Gasteiger partial charge in [-0.1, -0.05) is 0 Å². The van der Waals surface area contributed by atoms with Gasteiger partial charge in [0, 0.05) is 36.7 Å². The number of aryl methyl sites for hydroxylation is 2. The van der Waals surface area contributed by atoms with Crippen LogP contribution in [-0.4, -0.2) is 22.0 Å². The smallest absolute Gasteiger partial charge is 0.251 e. The largest absolute Gasteiger partial charge is 0.399 e. The molecule has 0 saturated carbocycles. The molecule has 0 saturated heterocycles. The summed E-state index contributed by atoms with van der Waals surface area (Å²) in [5, 5.41) is 2.93. The van der Waals surface area contributed by atoms with Gasteiger partial charge in [-0.2, -0.15) is 0 Å². The molecule has 3 N–H and O–H groups in total. The first-order chi connectivity index (χ1) is 9.66. The second kappa shape index (κ2) is 6.75. The van der Waals surface area contributed by atoms with Crippen molar-refractivity contribution in [2.24, 2.45) is 0 Å². The van der Waals surface area contributed by atoms with E-state index in [1.807, 2.05) is 23.8 Å². The second-order valence-corrected chi connectivity index (χ2v) is 4.84. The van der Waals surface area contributed by atoms with Gasteiger partial charge in [0.25, 0.3) is 5.91 Å². The Bertz CT molecular complexity index is 563. The summed E-state index contributed by atoms with van der Waals surface area (Å²) in [7, 11) is 0. The van der Waals surface area contributed by atoms with Crippen LogP contribution < -0.4 is 11.1 Å². The van der Waals surface area contributed by atoms with Crippen molar-refractivity contribution in [3.63, 3.8) is 0 Å². The number of carbonyl (C=O) groups is 1. The first-order valence-corrected chi connectivity index (χ1v) is 6.77. The van der Waals surface area contributed by atoms with E-state index in [0.717, 1.165) is 24.9 Å². The Morgan fingerprint density at radius 2 is 2.25 bits per heavy atom. The van der Waals surface area contributed by atoms with E-state index in [1.54, 1.807) is 24.7 Å². The number of hydrogen-bond donors (Lipinski definition) is 2. The van der Waals surface area contributed by atoms with Crippen LogP contribution in [0.5, 0.6) is 0 Å². The van der Waals surface area contributed by atoms with Crippen LogP contribution >= 0.6 is 0 Å². The molecule has 106 valence electrons. The Morgan fingerprint density at radius 1 is 1.40 bits per heavy atom. The molecule has 2 aromatic rings. The van der Waals surface area contributed by atoms with E-state index in [1.165, 1.54) is 0 Å². The maximum Gasteiger partial charge on any atom is 0.251 e. The van der Waals surface area contributed by atoms with Crippen molar-refractivity contribution in [2.45, 2.75) is 26.3 Å². The van der Waals surface area contributed by atoms with Crippen molar-refractivity contribution in [1.82, 2.24) is 14.9 Å². The van der Waals surface area contributed by atoms with Crippen molar-refractivity contribution < 1.29 is 4.79 Å². The number of nitrogens with zero attached hydrogens (tertiary/aromatic N) is 2. The number of imidazole rings is 1. The molecular formula is C15H20N4O. The molecule has 1 heterocycles. The van der Waals surface area contributed by atoms with Gasteiger partial charge in [-0.05, 0) is 43.5 Å². The molecule has 0 spiro atoms. The van der Waals surface area contributed by atoms with Gasteiger partial charge in [-0.25, -0.2) is 4.98 Å². The highest BCUT2D eigenvalue weighted by Crippen LogP contribution is 2.12. The first-order valence-electron chi connectivity index (χ1n) is 6.77. The van der Waals surface area contributed by atoms with Crippen molar-refractivity contribution >= 4 is 11.6 Å². The summed E-state index contributed by atoms with van der Waals surface area (Å²) < 4.78 is 2.03. The zero-order valence-corrected chi connectivity index (χ0v) is 11.7. The number of nitrogens with two attached hydrogens (primary N) is 1. The monoisotopic (exact) mass is 272 g/mol. The summed E-state index contributed by atoms with van der Waals surface area (Å²) in [5.74, 6) is -0.0369. The Balaban J connectivity index is 1.72. The van der Waals surface area contributed by atoms with Gasteiger partial charge in [0.05, 0.1) is 6.33 Å². The van der Waals surface area contributed by atoms with Gasteiger partial charge < -0.3 is 15.6 Å². The number of nitrogen functional groups attached to an aromatic ring is 1. The molecule has 1 aromatic carbocycles. The predicted octanol–water partition coefficient (Wildman–Crippen LogP) is 1.98. The summed E-state index contributed by atoms with van der Waals surface area (Å²) in [4.78, 5) is 16.0. The van der Waals surface area contributed by atoms with E-state index in [0.29, 0.717) is 17.8 Å². The first kappa shape index (κ1) is 14.1. The number of benzene rings is 1. The van der Waals surface area contributed by atoms with Gasteiger partial charge in [-0.3, -0.25) is 4.79 Å². The normalized spacial score (nSPS) is 10.4. The van der Waals surface area contributed by atoms with E-state index in [-0.39, 0.29) is 5.91 Å². The third-order valence-corrected chi connectivity index (χ3v) is 3.18. The van der Waals surface area contributed by atoms with Gasteiger partial charge in [0.2, 0.25) is 0 Å². The average Bonchev–Trinajstić information content (AvgIpc) is 2.91. The summed E-state index contributed by atoms with van der Waals surface area (Å²) in [6.45, 7) is 3.50. The van der Waals surface area contributed by atoms with E-state index in [2.05, 4.69) is 10.3 Å². The molecule has 0 fully saturated rings. The SMILES string of the molecule is Cc1cc(N)ccc1C(=O)NCCCCn1ccnc1. The fraction of sp³-hybridized carbons (Fsp3) is 0.333. The average molecular weight is 272 g/mol. The van der Waals surface area contributed by atoms with E-state index in [4.69, 9.17) is 5.73 Å². The molecule has 5 nitrogen and oxygen atoms in total. The topological polar surface area (TPSA) is 72.9 Å². The molecule has 0 unspecified atom stereocenters. The van der Waals surface area contributed by atoms with Crippen LogP contribution in [0.25, 0.3) is 0 Å². The van der Waals surface area contributed by atoms with Crippen LogP contribution in [0.1, 0.15) is 28.8 Å². The maximum absolute atomic E-state index is 12.0. The number of carbonyl (C=O) groups excluding carboxylic acids is 1. The Kier molecular flexibility index (Phi) is 4.76. The van der Waals surface area contributed by atoms with Crippen LogP contribution in [0.4, 0.5) is 5.69 Å². The number of unbranched alkanes of at least 4 members (excludes halogenated alkanes) is 1.